The molecule has 0 bridgehead atoms. The van der Waals surface area contributed by atoms with Crippen molar-refractivity contribution in [3.63, 3.8) is 0 Å². The van der Waals surface area contributed by atoms with Crippen molar-refractivity contribution < 1.29 is 32.2 Å². The number of nitrogens with one attached hydrogen (secondary N) is 1. The maximum Gasteiger partial charge on any atom is 0.430 e. The van der Waals surface area contributed by atoms with Gasteiger partial charge in [0.25, 0.3) is 11.5 Å². The van der Waals surface area contributed by atoms with Gasteiger partial charge in [-0.05, 0) is 43.2 Å². The van der Waals surface area contributed by atoms with Crippen molar-refractivity contribution in [2.24, 2.45) is 5.41 Å². The van der Waals surface area contributed by atoms with Crippen molar-refractivity contribution in [2.45, 2.75) is 57.2 Å². The topological polar surface area (TPSA) is 67.9 Å². The Morgan fingerprint density at radius 1 is 1.05 bits per heavy atom. The lowest BCUT2D eigenvalue weighted by Gasteiger charge is -2.50. The van der Waals surface area contributed by atoms with Crippen molar-refractivity contribution >= 4 is 11.8 Å². The number of hydrogen-bond acceptors (Lipinski definition) is 4. The summed E-state index contributed by atoms with van der Waals surface area (Å²) in [6.45, 7) is 4.35. The SMILES string of the molecule is CCCOc1ccccc1C1CNC(=O)CC12CCN(C(=O)[C@](OCC)(c1ccccc1)C(F)(F)F)CC2. The molecule has 1 spiro atoms. The fourth-order valence-electron chi connectivity index (χ4n) is 5.92. The summed E-state index contributed by atoms with van der Waals surface area (Å²) in [5.41, 5.74) is -2.85. The molecule has 2 fully saturated rings. The van der Waals surface area contributed by atoms with Crippen molar-refractivity contribution in [1.29, 1.82) is 0 Å². The molecule has 2 aliphatic heterocycles. The van der Waals surface area contributed by atoms with Crippen LogP contribution in [0, 0.1) is 5.41 Å². The van der Waals surface area contributed by atoms with Crippen LogP contribution in [0.2, 0.25) is 0 Å². The van der Waals surface area contributed by atoms with Gasteiger partial charge in [-0.2, -0.15) is 13.2 Å². The Kier molecular flexibility index (Phi) is 8.35. The summed E-state index contributed by atoms with van der Waals surface area (Å²) in [6, 6.07) is 14.8. The van der Waals surface area contributed by atoms with Crippen LogP contribution >= 0.6 is 0 Å². The number of carbonyl (C=O) groups is 2. The van der Waals surface area contributed by atoms with Crippen LogP contribution in [0.25, 0.3) is 0 Å². The van der Waals surface area contributed by atoms with Crippen LogP contribution < -0.4 is 10.1 Å². The van der Waals surface area contributed by atoms with E-state index in [-0.39, 0.29) is 43.5 Å². The number of likely N-dealkylation sites (tertiary alicyclic amines) is 1. The lowest BCUT2D eigenvalue weighted by molar-refractivity contribution is -0.277. The molecule has 206 valence electrons. The third-order valence-electron chi connectivity index (χ3n) is 7.80. The average molecular weight is 533 g/mol. The molecule has 0 aromatic heterocycles. The number of benzene rings is 2. The highest BCUT2D eigenvalue weighted by Gasteiger charge is 2.64. The van der Waals surface area contributed by atoms with Gasteiger partial charge < -0.3 is 19.7 Å². The van der Waals surface area contributed by atoms with Gasteiger partial charge in [0.1, 0.15) is 5.75 Å². The van der Waals surface area contributed by atoms with E-state index in [9.17, 15) is 22.8 Å². The summed E-state index contributed by atoms with van der Waals surface area (Å²) in [4.78, 5) is 27.5. The van der Waals surface area contributed by atoms with E-state index >= 15 is 0 Å². The predicted octanol–water partition coefficient (Wildman–Crippen LogP) is 5.18. The number of rotatable bonds is 8. The molecule has 2 saturated heterocycles. The number of para-hydroxylation sites is 1. The Morgan fingerprint density at radius 2 is 1.71 bits per heavy atom. The minimum atomic E-state index is -4.96. The lowest BCUT2D eigenvalue weighted by Crippen LogP contribution is -2.60. The Balaban J connectivity index is 1.64. The Bertz CT molecular complexity index is 1120. The van der Waals surface area contributed by atoms with Crippen LogP contribution in [0.4, 0.5) is 13.2 Å². The molecule has 1 unspecified atom stereocenters. The van der Waals surface area contributed by atoms with Crippen molar-refractivity contribution in [3.05, 3.63) is 65.7 Å². The molecule has 0 radical (unpaired) electrons. The maximum absolute atomic E-state index is 14.6. The van der Waals surface area contributed by atoms with Gasteiger partial charge in [0.2, 0.25) is 5.91 Å². The van der Waals surface area contributed by atoms with Crippen LogP contribution in [-0.2, 0) is 19.9 Å². The molecular formula is C29H35F3N2O4. The average Bonchev–Trinajstić information content (AvgIpc) is 2.91. The van der Waals surface area contributed by atoms with E-state index in [0.717, 1.165) is 17.7 Å². The van der Waals surface area contributed by atoms with E-state index in [1.54, 1.807) is 6.07 Å². The largest absolute Gasteiger partial charge is 0.493 e. The number of amides is 2. The number of nitrogens with zero attached hydrogens (tertiary/aromatic N) is 1. The first-order valence-corrected chi connectivity index (χ1v) is 13.2. The first-order chi connectivity index (χ1) is 18.2. The molecule has 38 heavy (non-hydrogen) atoms. The van der Waals surface area contributed by atoms with E-state index in [1.165, 1.54) is 36.1 Å². The third kappa shape index (κ3) is 5.13. The molecule has 2 atom stereocenters. The smallest absolute Gasteiger partial charge is 0.430 e. The fraction of sp³-hybridized carbons (Fsp3) is 0.517. The van der Waals surface area contributed by atoms with E-state index in [4.69, 9.17) is 9.47 Å². The van der Waals surface area contributed by atoms with Crippen LogP contribution in [0.15, 0.2) is 54.6 Å². The summed E-state index contributed by atoms with van der Waals surface area (Å²) < 4.78 is 55.2. The van der Waals surface area contributed by atoms with E-state index in [2.05, 4.69) is 5.32 Å². The highest BCUT2D eigenvalue weighted by molar-refractivity contribution is 5.88. The minimum Gasteiger partial charge on any atom is -0.493 e. The molecule has 0 saturated carbocycles. The van der Waals surface area contributed by atoms with Crippen molar-refractivity contribution in [1.82, 2.24) is 10.2 Å². The maximum atomic E-state index is 14.6. The summed E-state index contributed by atoms with van der Waals surface area (Å²) in [5.74, 6) is -0.531. The zero-order valence-corrected chi connectivity index (χ0v) is 21.9. The normalized spacial score (nSPS) is 21.0. The monoisotopic (exact) mass is 532 g/mol. The van der Waals surface area contributed by atoms with E-state index < -0.39 is 23.1 Å². The second-order valence-electron chi connectivity index (χ2n) is 10.1. The minimum absolute atomic E-state index is 0.0844. The van der Waals surface area contributed by atoms with Crippen LogP contribution in [-0.4, -0.2) is 55.7 Å². The first kappa shape index (κ1) is 28.0. The van der Waals surface area contributed by atoms with Crippen LogP contribution in [0.1, 0.15) is 56.6 Å². The number of halogens is 3. The van der Waals surface area contributed by atoms with Gasteiger partial charge in [-0.15, -0.1) is 0 Å². The van der Waals surface area contributed by atoms with E-state index in [1.807, 2.05) is 31.2 Å². The highest BCUT2D eigenvalue weighted by atomic mass is 19.4. The molecule has 2 aromatic rings. The third-order valence-corrected chi connectivity index (χ3v) is 7.80. The number of ether oxygens (including phenoxy) is 2. The molecule has 1 N–H and O–H groups in total. The predicted molar refractivity (Wildman–Crippen MR) is 137 cm³/mol. The molecular weight excluding hydrogens is 497 g/mol. The van der Waals surface area contributed by atoms with Gasteiger partial charge in [0, 0.05) is 44.1 Å². The van der Waals surface area contributed by atoms with Gasteiger partial charge in [-0.25, -0.2) is 0 Å². The van der Waals surface area contributed by atoms with Gasteiger partial charge in [-0.1, -0.05) is 55.5 Å². The number of alkyl halides is 3. The van der Waals surface area contributed by atoms with Gasteiger partial charge in [-0.3, -0.25) is 9.59 Å². The Hall–Kier alpha value is -3.07. The summed E-state index contributed by atoms with van der Waals surface area (Å²) in [7, 11) is 0. The first-order valence-electron chi connectivity index (χ1n) is 13.2. The van der Waals surface area contributed by atoms with Gasteiger partial charge in [0.05, 0.1) is 6.61 Å². The second-order valence-corrected chi connectivity index (χ2v) is 10.1. The fourth-order valence-corrected chi connectivity index (χ4v) is 5.92. The summed E-state index contributed by atoms with van der Waals surface area (Å²) in [6.07, 6.45) is -3.07. The molecule has 6 nitrogen and oxygen atoms in total. The standard InChI is InChI=1S/C29H35F3N2O4/c1-3-18-37-24-13-9-8-12-22(24)23-20-33-25(35)19-27(23)14-16-34(17-15-27)26(36)28(38-4-2,29(30,31)32)21-10-6-5-7-11-21/h5-13,23H,3-4,14-20H2,1-2H3,(H,33,35)/t23?,28-/m1/s1. The summed E-state index contributed by atoms with van der Waals surface area (Å²) >= 11 is 0. The summed E-state index contributed by atoms with van der Waals surface area (Å²) in [5, 5.41) is 2.96. The molecule has 0 aliphatic carbocycles. The lowest BCUT2D eigenvalue weighted by atomic mass is 9.62. The van der Waals surface area contributed by atoms with Gasteiger partial charge >= 0.3 is 6.18 Å². The number of piperidine rings is 2. The second kappa shape index (κ2) is 11.4. The number of carbonyl (C=O) groups excluding carboxylic acids is 2. The quantitative estimate of drug-likeness (QED) is 0.509. The Labute approximate surface area is 221 Å². The highest BCUT2D eigenvalue weighted by Crippen LogP contribution is 2.52. The zero-order valence-electron chi connectivity index (χ0n) is 21.9. The molecule has 2 aliphatic rings. The Morgan fingerprint density at radius 3 is 2.34 bits per heavy atom. The number of hydrogen-bond donors (Lipinski definition) is 1. The van der Waals surface area contributed by atoms with Crippen LogP contribution in [0.3, 0.4) is 0 Å². The molecule has 2 heterocycles. The van der Waals surface area contributed by atoms with Crippen LogP contribution in [0.5, 0.6) is 5.75 Å². The van der Waals surface area contributed by atoms with Gasteiger partial charge in [0.15, 0.2) is 0 Å². The molecule has 9 heteroatoms. The van der Waals surface area contributed by atoms with Crippen molar-refractivity contribution in [2.75, 3.05) is 32.8 Å². The molecule has 4 rings (SSSR count). The van der Waals surface area contributed by atoms with E-state index in [0.29, 0.717) is 26.0 Å². The molecule has 2 aromatic carbocycles. The zero-order chi connectivity index (χ0) is 27.4. The van der Waals surface area contributed by atoms with Crippen molar-refractivity contribution in [3.8, 4) is 5.75 Å². The molecule has 2 amide bonds.